The maximum atomic E-state index is 11.9. The molecule has 0 spiro atoms. The van der Waals surface area contributed by atoms with E-state index in [1.54, 1.807) is 0 Å². The Kier molecular flexibility index (Phi) is 12.1. The van der Waals surface area contributed by atoms with E-state index >= 15 is 0 Å². The van der Waals surface area contributed by atoms with Gasteiger partial charge in [-0.3, -0.25) is 9.69 Å². The largest absolute Gasteiger partial charge is 0.351 e. The van der Waals surface area contributed by atoms with E-state index in [-0.39, 0.29) is 30.7 Å². The van der Waals surface area contributed by atoms with Gasteiger partial charge in [0.05, 0.1) is 6.54 Å². The summed E-state index contributed by atoms with van der Waals surface area (Å²) in [6.07, 6.45) is 2.63. The Bertz CT molecular complexity index is 477. The fourth-order valence-corrected chi connectivity index (χ4v) is 2.54. The van der Waals surface area contributed by atoms with Crippen LogP contribution < -0.4 is 10.6 Å². The molecule has 0 aromatic heterocycles. The molecule has 1 aliphatic carbocycles. The first-order chi connectivity index (χ1) is 10.7. The predicted octanol–water partition coefficient (Wildman–Crippen LogP) is 2.99. The van der Waals surface area contributed by atoms with Crippen molar-refractivity contribution in [1.29, 1.82) is 0 Å². The van der Waals surface area contributed by atoms with Gasteiger partial charge in [-0.2, -0.15) is 0 Å². The summed E-state index contributed by atoms with van der Waals surface area (Å²) < 4.78 is 0. The Hall–Kier alpha value is -0.810. The first-order valence-corrected chi connectivity index (χ1v) is 8.49. The number of benzene rings is 1. The summed E-state index contributed by atoms with van der Waals surface area (Å²) in [6.45, 7) is 9.41. The van der Waals surface area contributed by atoms with E-state index < -0.39 is 0 Å². The lowest BCUT2D eigenvalue weighted by molar-refractivity contribution is -0.120. The van der Waals surface area contributed by atoms with Gasteiger partial charge in [0.2, 0.25) is 5.91 Å². The number of nitrogens with zero attached hydrogens (tertiary/aromatic N) is 1. The minimum absolute atomic E-state index is 0. The second kappa shape index (κ2) is 12.5. The molecule has 1 aromatic rings. The van der Waals surface area contributed by atoms with Crippen LogP contribution in [0.5, 0.6) is 0 Å². The van der Waals surface area contributed by atoms with Crippen molar-refractivity contribution in [3.8, 4) is 0 Å². The van der Waals surface area contributed by atoms with Crippen LogP contribution in [0.3, 0.4) is 0 Å². The van der Waals surface area contributed by atoms with Crippen LogP contribution >= 0.6 is 24.8 Å². The van der Waals surface area contributed by atoms with E-state index in [2.05, 4.69) is 47.6 Å². The molecule has 0 saturated heterocycles. The van der Waals surface area contributed by atoms with E-state index in [0.717, 1.165) is 32.1 Å². The molecule has 4 nitrogen and oxygen atoms in total. The zero-order valence-corrected chi connectivity index (χ0v) is 16.3. The highest BCUT2D eigenvalue weighted by atomic mass is 35.5. The third kappa shape index (κ3) is 8.34. The van der Waals surface area contributed by atoms with Gasteiger partial charge in [0.15, 0.2) is 0 Å². The van der Waals surface area contributed by atoms with Gasteiger partial charge >= 0.3 is 0 Å². The number of hydrogen-bond acceptors (Lipinski definition) is 3. The minimum atomic E-state index is 0. The lowest BCUT2D eigenvalue weighted by Gasteiger charge is -2.20. The van der Waals surface area contributed by atoms with Gasteiger partial charge in [-0.15, -0.1) is 24.8 Å². The first-order valence-electron chi connectivity index (χ1n) is 8.49. The molecular weight excluding hydrogens is 345 g/mol. The van der Waals surface area contributed by atoms with Gasteiger partial charge in [0, 0.05) is 13.1 Å². The molecule has 0 aliphatic heterocycles. The van der Waals surface area contributed by atoms with Gasteiger partial charge < -0.3 is 10.6 Å². The molecule has 0 atom stereocenters. The van der Waals surface area contributed by atoms with Crippen molar-refractivity contribution in [3.63, 3.8) is 0 Å². The molecule has 2 N–H and O–H groups in total. The van der Waals surface area contributed by atoms with Crippen molar-refractivity contribution in [2.45, 2.75) is 39.8 Å². The van der Waals surface area contributed by atoms with Gasteiger partial charge in [-0.05, 0) is 49.5 Å². The van der Waals surface area contributed by atoms with Gasteiger partial charge in [-0.25, -0.2) is 0 Å². The normalized spacial score (nSPS) is 13.1. The van der Waals surface area contributed by atoms with Gasteiger partial charge in [-0.1, -0.05) is 38.1 Å². The van der Waals surface area contributed by atoms with Crippen molar-refractivity contribution in [3.05, 3.63) is 35.4 Å². The Morgan fingerprint density at radius 3 is 2.33 bits per heavy atom. The standard InChI is InChI=1S/C18H29N3O.2ClH/c1-3-21(4-2)14-17-8-6-5-7-16(17)12-20-18(22)13-19-11-15-9-10-15;;/h5-8,15,19H,3-4,9-14H2,1-2H3,(H,20,22);2*1H. The SMILES string of the molecule is CCN(CC)Cc1ccccc1CNC(=O)CNCC1CC1.Cl.Cl. The number of nitrogens with one attached hydrogen (secondary N) is 2. The van der Waals surface area contributed by atoms with E-state index in [9.17, 15) is 4.79 Å². The van der Waals surface area contributed by atoms with Crippen molar-refractivity contribution in [1.82, 2.24) is 15.5 Å². The third-order valence-corrected chi connectivity index (χ3v) is 4.30. The molecule has 0 bridgehead atoms. The highest BCUT2D eigenvalue weighted by molar-refractivity contribution is 5.85. The van der Waals surface area contributed by atoms with Gasteiger partial charge in [0.25, 0.3) is 0 Å². The molecule has 1 aliphatic rings. The number of rotatable bonds is 10. The highest BCUT2D eigenvalue weighted by Crippen LogP contribution is 2.27. The van der Waals surface area contributed by atoms with Crippen molar-refractivity contribution >= 4 is 30.7 Å². The van der Waals surface area contributed by atoms with Crippen LogP contribution in [0.2, 0.25) is 0 Å². The summed E-state index contributed by atoms with van der Waals surface area (Å²) in [5.41, 5.74) is 2.52. The molecule has 1 amide bonds. The summed E-state index contributed by atoms with van der Waals surface area (Å²) >= 11 is 0. The Balaban J connectivity index is 0.00000264. The molecule has 2 rings (SSSR count). The maximum absolute atomic E-state index is 11.9. The molecule has 138 valence electrons. The lowest BCUT2D eigenvalue weighted by atomic mass is 10.1. The summed E-state index contributed by atoms with van der Waals surface area (Å²) in [6, 6.07) is 8.38. The predicted molar refractivity (Wildman–Crippen MR) is 105 cm³/mol. The zero-order valence-electron chi connectivity index (χ0n) is 14.7. The van der Waals surface area contributed by atoms with E-state index in [1.165, 1.54) is 24.0 Å². The molecule has 1 fully saturated rings. The Morgan fingerprint density at radius 2 is 1.75 bits per heavy atom. The van der Waals surface area contributed by atoms with Crippen LogP contribution in [0.25, 0.3) is 0 Å². The summed E-state index contributed by atoms with van der Waals surface area (Å²) in [5.74, 6) is 0.890. The van der Waals surface area contributed by atoms with Gasteiger partial charge in [0.1, 0.15) is 0 Å². The second-order valence-corrected chi connectivity index (χ2v) is 6.08. The van der Waals surface area contributed by atoms with Crippen LogP contribution in [0.4, 0.5) is 0 Å². The molecule has 1 saturated carbocycles. The number of halogens is 2. The number of amides is 1. The first kappa shape index (κ1) is 23.2. The van der Waals surface area contributed by atoms with Crippen molar-refractivity contribution in [2.24, 2.45) is 5.92 Å². The van der Waals surface area contributed by atoms with Crippen LogP contribution in [0, 0.1) is 5.92 Å². The molecule has 0 heterocycles. The Labute approximate surface area is 158 Å². The number of carbonyl (C=O) groups is 1. The topological polar surface area (TPSA) is 44.4 Å². The van der Waals surface area contributed by atoms with Crippen LogP contribution in [0.1, 0.15) is 37.8 Å². The van der Waals surface area contributed by atoms with E-state index in [0.29, 0.717) is 13.1 Å². The summed E-state index contributed by atoms with van der Waals surface area (Å²) in [7, 11) is 0. The molecule has 0 radical (unpaired) electrons. The summed E-state index contributed by atoms with van der Waals surface area (Å²) in [5, 5.41) is 6.25. The second-order valence-electron chi connectivity index (χ2n) is 6.08. The van der Waals surface area contributed by atoms with E-state index in [4.69, 9.17) is 0 Å². The zero-order chi connectivity index (χ0) is 15.8. The summed E-state index contributed by atoms with van der Waals surface area (Å²) in [4.78, 5) is 14.3. The van der Waals surface area contributed by atoms with Crippen molar-refractivity contribution < 1.29 is 4.79 Å². The fraction of sp³-hybridized carbons (Fsp3) is 0.611. The maximum Gasteiger partial charge on any atom is 0.234 e. The van der Waals surface area contributed by atoms with Crippen LogP contribution in [-0.4, -0.2) is 37.0 Å². The average molecular weight is 376 g/mol. The lowest BCUT2D eigenvalue weighted by Crippen LogP contribution is -2.34. The smallest absolute Gasteiger partial charge is 0.234 e. The van der Waals surface area contributed by atoms with Crippen molar-refractivity contribution in [2.75, 3.05) is 26.2 Å². The molecule has 24 heavy (non-hydrogen) atoms. The average Bonchev–Trinajstić information content (AvgIpc) is 3.35. The quantitative estimate of drug-likeness (QED) is 0.660. The molecule has 6 heteroatoms. The molecule has 0 unspecified atom stereocenters. The van der Waals surface area contributed by atoms with E-state index in [1.807, 2.05) is 6.07 Å². The molecule has 1 aromatic carbocycles. The third-order valence-electron chi connectivity index (χ3n) is 4.30. The Morgan fingerprint density at radius 1 is 1.12 bits per heavy atom. The highest BCUT2D eigenvalue weighted by Gasteiger charge is 2.20. The number of carbonyl (C=O) groups excluding carboxylic acids is 1. The monoisotopic (exact) mass is 375 g/mol. The number of hydrogen-bond donors (Lipinski definition) is 2. The van der Waals surface area contributed by atoms with Crippen LogP contribution in [-0.2, 0) is 17.9 Å². The minimum Gasteiger partial charge on any atom is -0.351 e. The van der Waals surface area contributed by atoms with Crippen LogP contribution in [0.15, 0.2) is 24.3 Å². The fourth-order valence-electron chi connectivity index (χ4n) is 2.54. The molecular formula is C18H31Cl2N3O.